The molecule has 1 fully saturated rings. The largest absolute Gasteiger partial charge is 0.368 e. The number of carbonyl (C=O) groups excluding carboxylic acids is 2. The molecule has 1 saturated heterocycles. The highest BCUT2D eigenvalue weighted by molar-refractivity contribution is 6.04. The highest BCUT2D eigenvalue weighted by Crippen LogP contribution is 2.21. The molecule has 2 amide bonds. The standard InChI is InChI=1S/C21H24N4O4/c1-15(2)21(27)24-13-11-23(12-14-24)18-9-5-17(6-10-18)22-20(26)16-3-7-19(8-4-16)25(28)29/h3-10,15H,11-14H2,1-2H3,(H,22,26). The van der Waals surface area contributed by atoms with E-state index in [0.29, 0.717) is 24.3 Å². The molecule has 3 rings (SSSR count). The van der Waals surface area contributed by atoms with Crippen molar-refractivity contribution in [3.63, 3.8) is 0 Å². The highest BCUT2D eigenvalue weighted by Gasteiger charge is 2.22. The Morgan fingerprint density at radius 2 is 1.55 bits per heavy atom. The van der Waals surface area contributed by atoms with E-state index < -0.39 is 4.92 Å². The minimum Gasteiger partial charge on any atom is -0.368 e. The zero-order valence-electron chi connectivity index (χ0n) is 16.5. The summed E-state index contributed by atoms with van der Waals surface area (Å²) in [6.07, 6.45) is 0. The Bertz CT molecular complexity index is 886. The highest BCUT2D eigenvalue weighted by atomic mass is 16.6. The summed E-state index contributed by atoms with van der Waals surface area (Å²) in [5, 5.41) is 13.5. The maximum absolute atomic E-state index is 12.3. The van der Waals surface area contributed by atoms with Gasteiger partial charge in [0.2, 0.25) is 5.91 Å². The van der Waals surface area contributed by atoms with Gasteiger partial charge in [-0.1, -0.05) is 13.8 Å². The fraction of sp³-hybridized carbons (Fsp3) is 0.333. The van der Waals surface area contributed by atoms with E-state index in [-0.39, 0.29) is 23.4 Å². The Hall–Kier alpha value is -3.42. The number of rotatable bonds is 5. The van der Waals surface area contributed by atoms with Crippen LogP contribution in [0, 0.1) is 16.0 Å². The van der Waals surface area contributed by atoms with Crippen molar-refractivity contribution in [3.8, 4) is 0 Å². The van der Waals surface area contributed by atoms with Gasteiger partial charge in [0.05, 0.1) is 4.92 Å². The normalized spacial score (nSPS) is 14.0. The Morgan fingerprint density at radius 3 is 2.07 bits per heavy atom. The van der Waals surface area contributed by atoms with Crippen molar-refractivity contribution >= 4 is 28.9 Å². The molecule has 1 aliphatic rings. The second-order valence-corrected chi connectivity index (χ2v) is 7.27. The van der Waals surface area contributed by atoms with Crippen LogP contribution in [0.3, 0.4) is 0 Å². The summed E-state index contributed by atoms with van der Waals surface area (Å²) in [7, 11) is 0. The molecule has 1 N–H and O–H groups in total. The van der Waals surface area contributed by atoms with Crippen LogP contribution in [0.5, 0.6) is 0 Å². The van der Waals surface area contributed by atoms with Crippen LogP contribution in [0.4, 0.5) is 17.1 Å². The molecule has 8 nitrogen and oxygen atoms in total. The average molecular weight is 396 g/mol. The molecule has 29 heavy (non-hydrogen) atoms. The van der Waals surface area contributed by atoms with Gasteiger partial charge in [-0.15, -0.1) is 0 Å². The number of hydrogen-bond acceptors (Lipinski definition) is 5. The predicted octanol–water partition coefficient (Wildman–Crippen LogP) is 3.15. The molecule has 0 spiro atoms. The molecule has 0 bridgehead atoms. The van der Waals surface area contributed by atoms with Crippen LogP contribution in [0.25, 0.3) is 0 Å². The quantitative estimate of drug-likeness (QED) is 0.619. The first kappa shape index (κ1) is 20.3. The number of anilines is 2. The number of amides is 2. The van der Waals surface area contributed by atoms with Gasteiger partial charge in [0.15, 0.2) is 0 Å². The zero-order valence-corrected chi connectivity index (χ0v) is 16.5. The van der Waals surface area contributed by atoms with Crippen LogP contribution in [-0.2, 0) is 4.79 Å². The predicted molar refractivity (Wildman–Crippen MR) is 111 cm³/mol. The number of nitro groups is 1. The number of piperazine rings is 1. The van der Waals surface area contributed by atoms with Crippen LogP contribution >= 0.6 is 0 Å². The summed E-state index contributed by atoms with van der Waals surface area (Å²) in [5.74, 6) is -0.123. The fourth-order valence-corrected chi connectivity index (χ4v) is 3.24. The summed E-state index contributed by atoms with van der Waals surface area (Å²) in [6.45, 7) is 6.78. The second-order valence-electron chi connectivity index (χ2n) is 7.27. The average Bonchev–Trinajstić information content (AvgIpc) is 2.74. The minimum absolute atomic E-state index is 0.0141. The van der Waals surface area contributed by atoms with Gasteiger partial charge < -0.3 is 15.1 Å². The van der Waals surface area contributed by atoms with Crippen molar-refractivity contribution in [3.05, 3.63) is 64.2 Å². The molecule has 0 aliphatic carbocycles. The zero-order chi connectivity index (χ0) is 21.0. The maximum atomic E-state index is 12.3. The van der Waals surface area contributed by atoms with Crippen molar-refractivity contribution in [1.29, 1.82) is 0 Å². The van der Waals surface area contributed by atoms with Crippen molar-refractivity contribution in [2.24, 2.45) is 5.92 Å². The molecule has 0 unspecified atom stereocenters. The molecular weight excluding hydrogens is 372 g/mol. The Morgan fingerprint density at radius 1 is 0.966 bits per heavy atom. The number of non-ortho nitro benzene ring substituents is 1. The van der Waals surface area contributed by atoms with Crippen molar-refractivity contribution in [2.45, 2.75) is 13.8 Å². The van der Waals surface area contributed by atoms with E-state index in [2.05, 4.69) is 10.2 Å². The van der Waals surface area contributed by atoms with Gasteiger partial charge in [0, 0.05) is 61.2 Å². The summed E-state index contributed by atoms with van der Waals surface area (Å²) in [4.78, 5) is 38.7. The Labute approximate surface area is 169 Å². The SMILES string of the molecule is CC(C)C(=O)N1CCN(c2ccc(NC(=O)c3ccc([N+](=O)[O-])cc3)cc2)CC1. The van der Waals surface area contributed by atoms with Crippen LogP contribution in [0.2, 0.25) is 0 Å². The van der Waals surface area contributed by atoms with Crippen molar-refractivity contribution < 1.29 is 14.5 Å². The number of nitrogens with zero attached hydrogens (tertiary/aromatic N) is 3. The van der Waals surface area contributed by atoms with Crippen molar-refractivity contribution in [2.75, 3.05) is 36.4 Å². The van der Waals surface area contributed by atoms with Gasteiger partial charge in [-0.05, 0) is 36.4 Å². The molecule has 1 aliphatic heterocycles. The van der Waals surface area contributed by atoms with Gasteiger partial charge >= 0.3 is 0 Å². The fourth-order valence-electron chi connectivity index (χ4n) is 3.24. The number of nitro benzene ring substituents is 1. The van der Waals surface area contributed by atoms with E-state index in [9.17, 15) is 19.7 Å². The third kappa shape index (κ3) is 4.90. The lowest BCUT2D eigenvalue weighted by molar-refractivity contribution is -0.384. The van der Waals surface area contributed by atoms with Crippen LogP contribution < -0.4 is 10.2 Å². The first-order chi connectivity index (χ1) is 13.8. The van der Waals surface area contributed by atoms with Crippen LogP contribution in [0.1, 0.15) is 24.2 Å². The lowest BCUT2D eigenvalue weighted by Gasteiger charge is -2.37. The van der Waals surface area contributed by atoms with E-state index in [1.54, 1.807) is 0 Å². The lowest BCUT2D eigenvalue weighted by atomic mass is 10.1. The molecule has 152 valence electrons. The Balaban J connectivity index is 1.57. The molecule has 8 heteroatoms. The number of nitrogens with one attached hydrogen (secondary N) is 1. The first-order valence-electron chi connectivity index (χ1n) is 9.55. The molecule has 0 saturated carbocycles. The van der Waals surface area contributed by atoms with Crippen LogP contribution in [0.15, 0.2) is 48.5 Å². The van der Waals surface area contributed by atoms with Crippen molar-refractivity contribution in [1.82, 2.24) is 4.90 Å². The monoisotopic (exact) mass is 396 g/mol. The number of carbonyl (C=O) groups is 2. The minimum atomic E-state index is -0.501. The second kappa shape index (κ2) is 8.72. The summed E-state index contributed by atoms with van der Waals surface area (Å²) >= 11 is 0. The molecule has 1 heterocycles. The summed E-state index contributed by atoms with van der Waals surface area (Å²) in [6, 6.07) is 13.0. The molecule has 2 aromatic rings. The molecule has 0 atom stereocenters. The smallest absolute Gasteiger partial charge is 0.269 e. The lowest BCUT2D eigenvalue weighted by Crippen LogP contribution is -2.49. The Kier molecular flexibility index (Phi) is 6.11. The third-order valence-electron chi connectivity index (χ3n) is 4.92. The third-order valence-corrected chi connectivity index (χ3v) is 4.92. The van der Waals surface area contributed by atoms with Gasteiger partial charge in [0.25, 0.3) is 11.6 Å². The van der Waals surface area contributed by atoms with E-state index in [0.717, 1.165) is 18.8 Å². The molecular formula is C21H24N4O4. The van der Waals surface area contributed by atoms with Gasteiger partial charge in [-0.3, -0.25) is 19.7 Å². The van der Waals surface area contributed by atoms with E-state index in [1.807, 2.05) is 43.0 Å². The van der Waals surface area contributed by atoms with Crippen LogP contribution in [-0.4, -0.2) is 47.8 Å². The van der Waals surface area contributed by atoms with Gasteiger partial charge in [-0.2, -0.15) is 0 Å². The van der Waals surface area contributed by atoms with Gasteiger partial charge in [-0.25, -0.2) is 0 Å². The first-order valence-corrected chi connectivity index (χ1v) is 9.55. The molecule has 0 radical (unpaired) electrons. The van der Waals surface area contributed by atoms with E-state index >= 15 is 0 Å². The topological polar surface area (TPSA) is 95.8 Å². The summed E-state index contributed by atoms with van der Waals surface area (Å²) in [5.41, 5.74) is 1.98. The summed E-state index contributed by atoms with van der Waals surface area (Å²) < 4.78 is 0. The molecule has 2 aromatic carbocycles. The number of hydrogen-bond donors (Lipinski definition) is 1. The van der Waals surface area contributed by atoms with E-state index in [1.165, 1.54) is 24.3 Å². The molecule has 0 aromatic heterocycles. The number of benzene rings is 2. The van der Waals surface area contributed by atoms with E-state index in [4.69, 9.17) is 0 Å². The van der Waals surface area contributed by atoms with Gasteiger partial charge in [0.1, 0.15) is 0 Å². The maximum Gasteiger partial charge on any atom is 0.269 e.